The molecule has 0 spiro atoms. The second-order valence-corrected chi connectivity index (χ2v) is 3.41. The molecule has 1 heterocycles. The van der Waals surface area contributed by atoms with Gasteiger partial charge in [-0.05, 0) is 30.4 Å². The van der Waals surface area contributed by atoms with Gasteiger partial charge in [-0.15, -0.1) is 0 Å². The quantitative estimate of drug-likeness (QED) is 0.582. The first kappa shape index (κ1) is 6.65. The van der Waals surface area contributed by atoms with Gasteiger partial charge in [-0.3, -0.25) is 5.73 Å². The van der Waals surface area contributed by atoms with E-state index >= 15 is 0 Å². The van der Waals surface area contributed by atoms with Crippen LogP contribution in [0.1, 0.15) is 18.1 Å². The van der Waals surface area contributed by atoms with Crippen molar-refractivity contribution < 1.29 is 4.98 Å². The number of fused-ring (bicyclic) bond motifs is 1. The first-order chi connectivity index (χ1) is 5.27. The van der Waals surface area contributed by atoms with Crippen LogP contribution in [0.3, 0.4) is 0 Å². The van der Waals surface area contributed by atoms with Gasteiger partial charge in [0, 0.05) is 5.56 Å². The van der Waals surface area contributed by atoms with Crippen LogP contribution in [-0.2, 0) is 12.8 Å². The van der Waals surface area contributed by atoms with Crippen LogP contribution in [0.2, 0.25) is 0 Å². The van der Waals surface area contributed by atoms with Gasteiger partial charge in [0.05, 0.1) is 6.20 Å². The number of aromatic amines is 1. The monoisotopic (exact) mass is 149 g/mol. The van der Waals surface area contributed by atoms with Crippen LogP contribution in [0.25, 0.3) is 0 Å². The zero-order valence-corrected chi connectivity index (χ0v) is 6.72. The first-order valence-corrected chi connectivity index (χ1v) is 4.05. The third-order valence-electron chi connectivity index (χ3n) is 2.36. The zero-order chi connectivity index (χ0) is 7.84. The maximum absolute atomic E-state index is 5.78. The standard InChI is InChI=1S/C9H12N2/c1-6-4-7-2-3-11-9(10)8(7)5-6/h2-3,6H,4-5H2,1H3,(H2,10,11)/p+1. The number of rotatable bonds is 0. The average molecular weight is 149 g/mol. The van der Waals surface area contributed by atoms with Gasteiger partial charge in [0.25, 0.3) is 5.82 Å². The molecule has 0 radical (unpaired) electrons. The molecular weight excluding hydrogens is 136 g/mol. The van der Waals surface area contributed by atoms with Gasteiger partial charge in [0.1, 0.15) is 0 Å². The van der Waals surface area contributed by atoms with Gasteiger partial charge in [0.2, 0.25) is 0 Å². The van der Waals surface area contributed by atoms with Gasteiger partial charge in [-0.25, -0.2) is 4.98 Å². The summed E-state index contributed by atoms with van der Waals surface area (Å²) in [6, 6.07) is 2.13. The van der Waals surface area contributed by atoms with Gasteiger partial charge >= 0.3 is 0 Å². The van der Waals surface area contributed by atoms with Crippen LogP contribution in [-0.4, -0.2) is 0 Å². The molecule has 1 aliphatic rings. The lowest BCUT2D eigenvalue weighted by molar-refractivity contribution is -0.361. The maximum Gasteiger partial charge on any atom is 0.273 e. The number of nitrogens with two attached hydrogens (primary N) is 1. The van der Waals surface area contributed by atoms with Crippen molar-refractivity contribution >= 4 is 5.82 Å². The summed E-state index contributed by atoms with van der Waals surface area (Å²) in [7, 11) is 0. The lowest BCUT2D eigenvalue weighted by Gasteiger charge is -1.94. The number of aromatic nitrogens is 1. The maximum atomic E-state index is 5.78. The number of hydrogen-bond donors (Lipinski definition) is 1. The van der Waals surface area contributed by atoms with Crippen LogP contribution >= 0.6 is 0 Å². The number of hydrogen-bond acceptors (Lipinski definition) is 1. The van der Waals surface area contributed by atoms with Crippen LogP contribution in [0, 0.1) is 5.92 Å². The van der Waals surface area contributed by atoms with Crippen LogP contribution in [0.15, 0.2) is 12.3 Å². The van der Waals surface area contributed by atoms with Gasteiger partial charge < -0.3 is 0 Å². The summed E-state index contributed by atoms with van der Waals surface area (Å²) in [4.78, 5) is 3.03. The Morgan fingerprint density at radius 3 is 3.09 bits per heavy atom. The van der Waals surface area contributed by atoms with E-state index in [2.05, 4.69) is 18.0 Å². The minimum Gasteiger partial charge on any atom is -0.287 e. The lowest BCUT2D eigenvalue weighted by atomic mass is 10.1. The van der Waals surface area contributed by atoms with Crippen LogP contribution in [0.4, 0.5) is 5.82 Å². The molecule has 2 heteroatoms. The van der Waals surface area contributed by atoms with Crippen LogP contribution in [0.5, 0.6) is 0 Å². The van der Waals surface area contributed by atoms with E-state index in [9.17, 15) is 0 Å². The predicted molar refractivity (Wildman–Crippen MR) is 44.0 cm³/mol. The number of pyridine rings is 1. The van der Waals surface area contributed by atoms with E-state index in [-0.39, 0.29) is 0 Å². The Bertz CT molecular complexity index is 281. The third-order valence-corrected chi connectivity index (χ3v) is 2.36. The van der Waals surface area contributed by atoms with E-state index in [4.69, 9.17) is 5.73 Å². The van der Waals surface area contributed by atoms with E-state index in [1.807, 2.05) is 6.20 Å². The Kier molecular flexibility index (Phi) is 1.34. The zero-order valence-electron chi connectivity index (χ0n) is 6.72. The number of nitrogen functional groups attached to an aromatic ring is 1. The van der Waals surface area contributed by atoms with Crippen molar-refractivity contribution in [1.82, 2.24) is 0 Å². The molecule has 11 heavy (non-hydrogen) atoms. The summed E-state index contributed by atoms with van der Waals surface area (Å²) in [6.07, 6.45) is 4.25. The molecule has 1 unspecified atom stereocenters. The normalized spacial score (nSPS) is 21.7. The highest BCUT2D eigenvalue weighted by Crippen LogP contribution is 2.27. The second kappa shape index (κ2) is 2.22. The fourth-order valence-electron chi connectivity index (χ4n) is 1.82. The highest BCUT2D eigenvalue weighted by Gasteiger charge is 2.22. The predicted octanol–water partition coefficient (Wildman–Crippen LogP) is 0.818. The molecule has 0 saturated heterocycles. The van der Waals surface area contributed by atoms with Crippen molar-refractivity contribution in [2.24, 2.45) is 5.92 Å². The molecule has 0 bridgehead atoms. The minimum atomic E-state index is 0.767. The molecule has 1 atom stereocenters. The highest BCUT2D eigenvalue weighted by atomic mass is 14.8. The first-order valence-electron chi connectivity index (χ1n) is 4.05. The average Bonchev–Trinajstić information content (AvgIpc) is 2.31. The number of H-pyrrole nitrogens is 1. The van der Waals surface area contributed by atoms with Crippen molar-refractivity contribution in [3.63, 3.8) is 0 Å². The van der Waals surface area contributed by atoms with Crippen LogP contribution < -0.4 is 10.7 Å². The Morgan fingerprint density at radius 2 is 2.36 bits per heavy atom. The number of nitrogens with one attached hydrogen (secondary N) is 1. The van der Waals surface area contributed by atoms with Gasteiger partial charge in [-0.2, -0.15) is 0 Å². The summed E-state index contributed by atoms with van der Waals surface area (Å²) in [5, 5.41) is 0. The molecule has 0 aromatic carbocycles. The third kappa shape index (κ3) is 0.985. The summed E-state index contributed by atoms with van der Waals surface area (Å²) in [5.74, 6) is 1.62. The van der Waals surface area contributed by atoms with Gasteiger partial charge in [0.15, 0.2) is 0 Å². The van der Waals surface area contributed by atoms with E-state index in [0.29, 0.717) is 0 Å². The molecule has 0 fully saturated rings. The summed E-state index contributed by atoms with van der Waals surface area (Å²) in [6.45, 7) is 2.26. The largest absolute Gasteiger partial charge is 0.287 e. The van der Waals surface area contributed by atoms with Crippen molar-refractivity contribution in [1.29, 1.82) is 0 Å². The minimum absolute atomic E-state index is 0.767. The molecule has 2 rings (SSSR count). The molecular formula is C9H13N2+. The van der Waals surface area contributed by atoms with E-state index < -0.39 is 0 Å². The van der Waals surface area contributed by atoms with E-state index in [1.54, 1.807) is 0 Å². The molecule has 1 aromatic rings. The van der Waals surface area contributed by atoms with Crippen molar-refractivity contribution in [2.75, 3.05) is 5.73 Å². The molecule has 0 amide bonds. The van der Waals surface area contributed by atoms with Gasteiger partial charge in [-0.1, -0.05) is 6.92 Å². The number of anilines is 1. The molecule has 0 aliphatic heterocycles. The topological polar surface area (TPSA) is 40.2 Å². The van der Waals surface area contributed by atoms with Crippen molar-refractivity contribution in [3.8, 4) is 0 Å². The summed E-state index contributed by atoms with van der Waals surface area (Å²) < 4.78 is 0. The Balaban J connectivity index is 2.49. The summed E-state index contributed by atoms with van der Waals surface area (Å²) >= 11 is 0. The van der Waals surface area contributed by atoms with Crippen molar-refractivity contribution in [2.45, 2.75) is 19.8 Å². The fraction of sp³-hybridized carbons (Fsp3) is 0.444. The van der Waals surface area contributed by atoms with Crippen molar-refractivity contribution in [3.05, 3.63) is 23.4 Å². The fourth-order valence-corrected chi connectivity index (χ4v) is 1.82. The lowest BCUT2D eigenvalue weighted by Crippen LogP contribution is -2.12. The van der Waals surface area contributed by atoms with E-state index in [1.165, 1.54) is 17.5 Å². The molecule has 1 aliphatic carbocycles. The molecule has 3 N–H and O–H groups in total. The summed E-state index contributed by atoms with van der Waals surface area (Å²) in [5.41, 5.74) is 8.54. The Hall–Kier alpha value is -1.05. The molecule has 58 valence electrons. The Labute approximate surface area is 66.4 Å². The molecule has 0 saturated carbocycles. The SMILES string of the molecule is CC1Cc2cc[nH+]c(N)c2C1. The highest BCUT2D eigenvalue weighted by molar-refractivity contribution is 5.43. The van der Waals surface area contributed by atoms with E-state index in [0.717, 1.165) is 18.2 Å². The smallest absolute Gasteiger partial charge is 0.273 e. The molecule has 2 nitrogen and oxygen atoms in total. The Morgan fingerprint density at radius 1 is 1.55 bits per heavy atom. The second-order valence-electron chi connectivity index (χ2n) is 3.41. The molecule has 1 aromatic heterocycles.